The molecule has 0 N–H and O–H groups in total. The summed E-state index contributed by atoms with van der Waals surface area (Å²) in [7, 11) is -3.78. The molecule has 1 fully saturated rings. The maximum Gasteiger partial charge on any atom is 0.246 e. The first-order valence-electron chi connectivity index (χ1n) is 9.61. The van der Waals surface area contributed by atoms with Gasteiger partial charge < -0.3 is 4.90 Å². The van der Waals surface area contributed by atoms with Crippen molar-refractivity contribution in [2.45, 2.75) is 18.7 Å². The van der Waals surface area contributed by atoms with Crippen molar-refractivity contribution in [2.24, 2.45) is 0 Å². The third-order valence-electron chi connectivity index (χ3n) is 5.33. The molecule has 4 rings (SSSR count). The van der Waals surface area contributed by atoms with E-state index in [4.69, 9.17) is 0 Å². The molecule has 0 bridgehead atoms. The fourth-order valence-corrected chi connectivity index (χ4v) is 5.62. The van der Waals surface area contributed by atoms with Gasteiger partial charge in [-0.1, -0.05) is 12.1 Å². The van der Waals surface area contributed by atoms with Crippen molar-refractivity contribution in [1.29, 1.82) is 0 Å². The van der Waals surface area contributed by atoms with E-state index in [1.165, 1.54) is 27.2 Å². The molecule has 0 atom stereocenters. The molecule has 158 valence electrons. The van der Waals surface area contributed by atoms with Gasteiger partial charge in [-0.15, -0.1) is 0 Å². The monoisotopic (exact) mass is 432 g/mol. The van der Waals surface area contributed by atoms with Crippen LogP contribution in [0.1, 0.15) is 11.4 Å². The minimum absolute atomic E-state index is 0.158. The van der Waals surface area contributed by atoms with Gasteiger partial charge in [0.25, 0.3) is 0 Å². The number of rotatable bonds is 4. The Morgan fingerprint density at radius 1 is 0.900 bits per heavy atom. The summed E-state index contributed by atoms with van der Waals surface area (Å²) in [6.07, 6.45) is 0. The van der Waals surface area contributed by atoms with Gasteiger partial charge in [-0.25, -0.2) is 21.9 Å². The summed E-state index contributed by atoms with van der Waals surface area (Å²) in [5, 5.41) is 4.37. The summed E-state index contributed by atoms with van der Waals surface area (Å²) < 4.78 is 56.9. The van der Waals surface area contributed by atoms with Crippen LogP contribution in [0.5, 0.6) is 0 Å². The molecular formula is C21H22F2N4O2S. The predicted octanol–water partition coefficient (Wildman–Crippen LogP) is 3.28. The van der Waals surface area contributed by atoms with Crippen molar-refractivity contribution < 1.29 is 17.2 Å². The van der Waals surface area contributed by atoms with Crippen molar-refractivity contribution in [3.05, 3.63) is 71.6 Å². The number of nitrogens with zero attached hydrogens (tertiary/aromatic N) is 4. The summed E-state index contributed by atoms with van der Waals surface area (Å²) in [6.45, 7) is 4.62. The van der Waals surface area contributed by atoms with Crippen molar-refractivity contribution in [2.75, 3.05) is 31.1 Å². The van der Waals surface area contributed by atoms with Crippen molar-refractivity contribution in [3.63, 3.8) is 0 Å². The van der Waals surface area contributed by atoms with E-state index in [2.05, 4.69) is 5.10 Å². The van der Waals surface area contributed by atoms with E-state index in [-0.39, 0.29) is 29.6 Å². The molecule has 0 spiro atoms. The maximum absolute atomic E-state index is 14.1. The molecule has 0 saturated carbocycles. The average Bonchev–Trinajstić information content (AvgIpc) is 3.04. The average molecular weight is 432 g/mol. The van der Waals surface area contributed by atoms with Crippen LogP contribution in [-0.2, 0) is 10.0 Å². The summed E-state index contributed by atoms with van der Waals surface area (Å²) >= 11 is 0. The van der Waals surface area contributed by atoms with E-state index in [1.807, 2.05) is 4.90 Å². The van der Waals surface area contributed by atoms with Crippen molar-refractivity contribution in [3.8, 4) is 5.69 Å². The standard InChI is InChI=1S/C21H22F2N4O2S/c1-15-21(16(2)27(24-15)18-9-7-17(22)8-10-18)30(28,29)26-13-11-25(12-14-26)20-6-4-3-5-19(20)23/h3-10H,11-14H2,1-2H3. The highest BCUT2D eigenvalue weighted by Gasteiger charge is 2.33. The first-order valence-corrected chi connectivity index (χ1v) is 11.0. The molecule has 1 saturated heterocycles. The number of aromatic nitrogens is 2. The molecule has 0 unspecified atom stereocenters. The highest BCUT2D eigenvalue weighted by atomic mass is 32.2. The van der Waals surface area contributed by atoms with Gasteiger partial charge in [-0.05, 0) is 50.2 Å². The first kappa shape index (κ1) is 20.5. The van der Waals surface area contributed by atoms with E-state index in [0.29, 0.717) is 35.9 Å². The Kier molecular flexibility index (Phi) is 5.33. The third kappa shape index (κ3) is 3.59. The lowest BCUT2D eigenvalue weighted by Crippen LogP contribution is -2.49. The first-order chi connectivity index (χ1) is 14.3. The fraction of sp³-hybridized carbons (Fsp3) is 0.286. The van der Waals surface area contributed by atoms with Crippen LogP contribution in [0.15, 0.2) is 53.4 Å². The van der Waals surface area contributed by atoms with Crippen LogP contribution in [0.2, 0.25) is 0 Å². The SMILES string of the molecule is Cc1nn(-c2ccc(F)cc2)c(C)c1S(=O)(=O)N1CCN(c2ccccc2F)CC1. The Bertz CT molecular complexity index is 1170. The zero-order valence-electron chi connectivity index (χ0n) is 16.7. The minimum Gasteiger partial charge on any atom is -0.367 e. The van der Waals surface area contributed by atoms with Gasteiger partial charge in [0.15, 0.2) is 0 Å². The smallest absolute Gasteiger partial charge is 0.246 e. The van der Waals surface area contributed by atoms with Gasteiger partial charge in [0, 0.05) is 26.2 Å². The van der Waals surface area contributed by atoms with Gasteiger partial charge >= 0.3 is 0 Å². The van der Waals surface area contributed by atoms with Crippen LogP contribution in [0.25, 0.3) is 5.69 Å². The second kappa shape index (κ2) is 7.81. The molecule has 30 heavy (non-hydrogen) atoms. The number of piperazine rings is 1. The number of para-hydroxylation sites is 1. The van der Waals surface area contributed by atoms with Gasteiger partial charge in [0.05, 0.1) is 22.8 Å². The normalized spacial score (nSPS) is 15.5. The quantitative estimate of drug-likeness (QED) is 0.635. The molecule has 9 heteroatoms. The summed E-state index contributed by atoms with van der Waals surface area (Å²) in [4.78, 5) is 2.01. The molecule has 2 heterocycles. The maximum atomic E-state index is 14.1. The second-order valence-electron chi connectivity index (χ2n) is 7.23. The van der Waals surface area contributed by atoms with Crippen LogP contribution in [0, 0.1) is 25.5 Å². The highest BCUT2D eigenvalue weighted by molar-refractivity contribution is 7.89. The Labute approximate surface area is 174 Å². The minimum atomic E-state index is -3.78. The number of sulfonamides is 1. The Morgan fingerprint density at radius 3 is 2.17 bits per heavy atom. The molecule has 1 aliphatic rings. The van der Waals surface area contributed by atoms with Crippen LogP contribution in [-0.4, -0.2) is 48.7 Å². The molecule has 1 aliphatic heterocycles. The van der Waals surface area contributed by atoms with E-state index in [1.54, 1.807) is 44.2 Å². The fourth-order valence-electron chi connectivity index (χ4n) is 3.84. The number of benzene rings is 2. The van der Waals surface area contributed by atoms with E-state index in [0.717, 1.165) is 0 Å². The molecule has 2 aromatic carbocycles. The highest BCUT2D eigenvalue weighted by Crippen LogP contribution is 2.28. The zero-order valence-corrected chi connectivity index (χ0v) is 17.5. The number of aryl methyl sites for hydroxylation is 1. The Balaban J connectivity index is 1.59. The number of halogens is 2. The zero-order chi connectivity index (χ0) is 21.5. The number of hydrogen-bond acceptors (Lipinski definition) is 4. The molecular weight excluding hydrogens is 410 g/mol. The topological polar surface area (TPSA) is 58.4 Å². The van der Waals surface area contributed by atoms with Crippen molar-refractivity contribution >= 4 is 15.7 Å². The van der Waals surface area contributed by atoms with Crippen molar-refractivity contribution in [1.82, 2.24) is 14.1 Å². The van der Waals surface area contributed by atoms with Gasteiger partial charge in [0.1, 0.15) is 16.5 Å². The van der Waals surface area contributed by atoms with Crippen LogP contribution in [0.3, 0.4) is 0 Å². The largest absolute Gasteiger partial charge is 0.367 e. The molecule has 0 radical (unpaired) electrons. The predicted molar refractivity (Wildman–Crippen MR) is 110 cm³/mol. The van der Waals surface area contributed by atoms with Gasteiger partial charge in [0.2, 0.25) is 10.0 Å². The summed E-state index contributed by atoms with van der Waals surface area (Å²) in [5.74, 6) is -0.693. The summed E-state index contributed by atoms with van der Waals surface area (Å²) in [6, 6.07) is 12.2. The van der Waals surface area contributed by atoms with E-state index in [9.17, 15) is 17.2 Å². The lowest BCUT2D eigenvalue weighted by molar-refractivity contribution is 0.382. The second-order valence-corrected chi connectivity index (χ2v) is 9.11. The molecule has 6 nitrogen and oxygen atoms in total. The molecule has 0 aliphatic carbocycles. The summed E-state index contributed by atoms with van der Waals surface area (Å²) in [5.41, 5.74) is 1.91. The van der Waals surface area contributed by atoms with Gasteiger partial charge in [-0.3, -0.25) is 0 Å². The molecule has 0 amide bonds. The van der Waals surface area contributed by atoms with Crippen LogP contribution in [0.4, 0.5) is 14.5 Å². The Morgan fingerprint density at radius 2 is 1.53 bits per heavy atom. The third-order valence-corrected chi connectivity index (χ3v) is 7.48. The lowest BCUT2D eigenvalue weighted by Gasteiger charge is -2.35. The lowest BCUT2D eigenvalue weighted by atomic mass is 10.2. The van der Waals surface area contributed by atoms with E-state index < -0.39 is 10.0 Å². The molecule has 3 aromatic rings. The van der Waals surface area contributed by atoms with Gasteiger partial charge in [-0.2, -0.15) is 9.40 Å². The Hall–Kier alpha value is -2.78. The van der Waals surface area contributed by atoms with E-state index >= 15 is 0 Å². The number of anilines is 1. The van der Waals surface area contributed by atoms with Crippen LogP contribution < -0.4 is 4.90 Å². The van der Waals surface area contributed by atoms with Crippen LogP contribution >= 0.6 is 0 Å². The molecule has 1 aromatic heterocycles. The number of hydrogen-bond donors (Lipinski definition) is 0.